The maximum atomic E-state index is 13.6. The molecule has 7 heteroatoms. The Kier molecular flexibility index (Phi) is 8.18. The van der Waals surface area contributed by atoms with Crippen molar-refractivity contribution in [3.8, 4) is 0 Å². The van der Waals surface area contributed by atoms with Gasteiger partial charge in [0.25, 0.3) is 0 Å². The lowest BCUT2D eigenvalue weighted by Crippen LogP contribution is -2.43. The highest BCUT2D eigenvalue weighted by Crippen LogP contribution is 2.17. The molecule has 1 aromatic carbocycles. The first-order valence-corrected chi connectivity index (χ1v) is 9.59. The Morgan fingerprint density at radius 3 is 2.68 bits per heavy atom. The van der Waals surface area contributed by atoms with Gasteiger partial charge in [0.05, 0.1) is 0 Å². The van der Waals surface area contributed by atoms with Gasteiger partial charge in [-0.3, -0.25) is 4.79 Å². The number of hydrogen-bond acceptors (Lipinski definition) is 2. The molecule has 2 rings (SSSR count). The van der Waals surface area contributed by atoms with Gasteiger partial charge < -0.3 is 16.0 Å². The number of carbonyl (C=O) groups excluding carboxylic acids is 2. The Morgan fingerprint density at radius 2 is 1.92 bits per heavy atom. The van der Waals surface area contributed by atoms with Crippen LogP contribution in [-0.2, 0) is 11.3 Å². The van der Waals surface area contributed by atoms with Gasteiger partial charge in [-0.2, -0.15) is 0 Å². The maximum Gasteiger partial charge on any atom is 0.315 e. The molecule has 0 heterocycles. The molecular formula is C18H25BrFN3O2. The molecule has 0 saturated heterocycles. The van der Waals surface area contributed by atoms with Gasteiger partial charge in [0.2, 0.25) is 5.91 Å². The minimum atomic E-state index is -0.343. The van der Waals surface area contributed by atoms with Crippen LogP contribution in [0.3, 0.4) is 0 Å². The molecule has 1 fully saturated rings. The van der Waals surface area contributed by atoms with Crippen molar-refractivity contribution in [1.82, 2.24) is 16.0 Å². The van der Waals surface area contributed by atoms with E-state index in [0.717, 1.165) is 17.3 Å². The van der Waals surface area contributed by atoms with Crippen molar-refractivity contribution >= 4 is 27.9 Å². The fourth-order valence-corrected chi connectivity index (χ4v) is 3.30. The molecule has 3 N–H and O–H groups in total. The Balaban J connectivity index is 1.57. The van der Waals surface area contributed by atoms with E-state index in [2.05, 4.69) is 31.9 Å². The largest absolute Gasteiger partial charge is 0.352 e. The SMILES string of the molecule is O=C(CCCNC(=O)NC1CCCCC1)NCc1cc(Br)ccc1F. The number of carbonyl (C=O) groups is 2. The van der Waals surface area contributed by atoms with Crippen LogP contribution in [0.5, 0.6) is 0 Å². The molecule has 0 unspecified atom stereocenters. The van der Waals surface area contributed by atoms with E-state index < -0.39 is 0 Å². The third-order valence-electron chi connectivity index (χ3n) is 4.29. The lowest BCUT2D eigenvalue weighted by Gasteiger charge is -2.22. The monoisotopic (exact) mass is 413 g/mol. The zero-order valence-electron chi connectivity index (χ0n) is 14.2. The van der Waals surface area contributed by atoms with Gasteiger partial charge in [0.15, 0.2) is 0 Å². The molecule has 0 radical (unpaired) electrons. The summed E-state index contributed by atoms with van der Waals surface area (Å²) in [6, 6.07) is 4.73. The second kappa shape index (κ2) is 10.4. The average Bonchev–Trinajstić information content (AvgIpc) is 2.60. The van der Waals surface area contributed by atoms with E-state index in [0.29, 0.717) is 24.9 Å². The summed E-state index contributed by atoms with van der Waals surface area (Å²) in [6.07, 6.45) is 6.51. The first-order valence-electron chi connectivity index (χ1n) is 8.79. The highest BCUT2D eigenvalue weighted by atomic mass is 79.9. The predicted molar refractivity (Wildman–Crippen MR) is 98.6 cm³/mol. The molecule has 1 aromatic rings. The van der Waals surface area contributed by atoms with E-state index in [1.54, 1.807) is 12.1 Å². The predicted octanol–water partition coefficient (Wildman–Crippen LogP) is 3.62. The van der Waals surface area contributed by atoms with E-state index in [-0.39, 0.29) is 30.3 Å². The minimum Gasteiger partial charge on any atom is -0.352 e. The fraction of sp³-hybridized carbons (Fsp3) is 0.556. The molecule has 0 spiro atoms. The van der Waals surface area contributed by atoms with Crippen molar-refractivity contribution < 1.29 is 14.0 Å². The minimum absolute atomic E-state index is 0.152. The van der Waals surface area contributed by atoms with Crippen LogP contribution in [0.1, 0.15) is 50.5 Å². The number of nitrogens with one attached hydrogen (secondary N) is 3. The Morgan fingerprint density at radius 1 is 1.16 bits per heavy atom. The summed E-state index contributed by atoms with van der Waals surface area (Å²) < 4.78 is 14.4. The van der Waals surface area contributed by atoms with E-state index in [4.69, 9.17) is 0 Å². The average molecular weight is 414 g/mol. The highest BCUT2D eigenvalue weighted by Gasteiger charge is 2.15. The summed E-state index contributed by atoms with van der Waals surface area (Å²) in [4.78, 5) is 23.6. The smallest absolute Gasteiger partial charge is 0.315 e. The molecule has 0 atom stereocenters. The summed E-state index contributed by atoms with van der Waals surface area (Å²) in [6.45, 7) is 0.594. The van der Waals surface area contributed by atoms with Crippen LogP contribution < -0.4 is 16.0 Å². The van der Waals surface area contributed by atoms with E-state index in [1.807, 2.05) is 0 Å². The number of urea groups is 1. The van der Waals surface area contributed by atoms with Gasteiger partial charge in [-0.05, 0) is 37.5 Å². The molecule has 1 aliphatic rings. The van der Waals surface area contributed by atoms with Crippen molar-refractivity contribution in [3.05, 3.63) is 34.1 Å². The van der Waals surface area contributed by atoms with Gasteiger partial charge in [0, 0.05) is 35.6 Å². The van der Waals surface area contributed by atoms with Gasteiger partial charge in [0.1, 0.15) is 5.82 Å². The normalized spacial score (nSPS) is 14.8. The first-order chi connectivity index (χ1) is 12.0. The lowest BCUT2D eigenvalue weighted by atomic mass is 9.96. The van der Waals surface area contributed by atoms with Crippen LogP contribution in [0.4, 0.5) is 9.18 Å². The molecule has 5 nitrogen and oxygen atoms in total. The molecule has 25 heavy (non-hydrogen) atoms. The number of benzene rings is 1. The van der Waals surface area contributed by atoms with Crippen molar-refractivity contribution in [3.63, 3.8) is 0 Å². The summed E-state index contributed by atoms with van der Waals surface area (Å²) in [5.74, 6) is -0.501. The van der Waals surface area contributed by atoms with Crippen LogP contribution in [-0.4, -0.2) is 24.5 Å². The lowest BCUT2D eigenvalue weighted by molar-refractivity contribution is -0.121. The van der Waals surface area contributed by atoms with Crippen molar-refractivity contribution in [2.45, 2.75) is 57.5 Å². The number of hydrogen-bond donors (Lipinski definition) is 3. The second-order valence-electron chi connectivity index (χ2n) is 6.35. The van der Waals surface area contributed by atoms with Crippen LogP contribution in [0.2, 0.25) is 0 Å². The van der Waals surface area contributed by atoms with Gasteiger partial charge in [-0.15, -0.1) is 0 Å². The topological polar surface area (TPSA) is 70.2 Å². The quantitative estimate of drug-likeness (QED) is 0.597. The highest BCUT2D eigenvalue weighted by molar-refractivity contribution is 9.10. The zero-order valence-corrected chi connectivity index (χ0v) is 15.8. The molecule has 3 amide bonds. The van der Waals surface area contributed by atoms with Crippen molar-refractivity contribution in [2.75, 3.05) is 6.54 Å². The molecule has 0 bridgehead atoms. The van der Waals surface area contributed by atoms with Crippen LogP contribution in [0.25, 0.3) is 0 Å². The van der Waals surface area contributed by atoms with Crippen molar-refractivity contribution in [1.29, 1.82) is 0 Å². The number of amides is 3. The molecule has 0 aromatic heterocycles. The summed E-state index contributed by atoms with van der Waals surface area (Å²) in [7, 11) is 0. The number of rotatable bonds is 7. The van der Waals surface area contributed by atoms with Gasteiger partial charge in [-0.1, -0.05) is 35.2 Å². The van der Waals surface area contributed by atoms with Crippen LogP contribution >= 0.6 is 15.9 Å². The van der Waals surface area contributed by atoms with Crippen LogP contribution in [0, 0.1) is 5.82 Å². The van der Waals surface area contributed by atoms with Gasteiger partial charge in [-0.25, -0.2) is 9.18 Å². The Bertz CT molecular complexity index is 592. The Labute approximate surface area is 156 Å². The third-order valence-corrected chi connectivity index (χ3v) is 4.78. The summed E-state index contributed by atoms with van der Waals surface area (Å²) in [5.41, 5.74) is 0.438. The zero-order chi connectivity index (χ0) is 18.1. The summed E-state index contributed by atoms with van der Waals surface area (Å²) >= 11 is 3.28. The maximum absolute atomic E-state index is 13.6. The molecule has 138 valence electrons. The Hall–Kier alpha value is -1.63. The van der Waals surface area contributed by atoms with E-state index >= 15 is 0 Å². The fourth-order valence-electron chi connectivity index (χ4n) is 2.90. The third kappa shape index (κ3) is 7.42. The van der Waals surface area contributed by atoms with Crippen LogP contribution in [0.15, 0.2) is 22.7 Å². The number of halogens is 2. The van der Waals surface area contributed by atoms with Gasteiger partial charge >= 0.3 is 6.03 Å². The molecule has 1 saturated carbocycles. The van der Waals surface area contributed by atoms with E-state index in [9.17, 15) is 14.0 Å². The summed E-state index contributed by atoms with van der Waals surface area (Å²) in [5, 5.41) is 8.44. The molecule has 0 aliphatic heterocycles. The first kappa shape index (κ1) is 19.7. The van der Waals surface area contributed by atoms with E-state index in [1.165, 1.54) is 25.3 Å². The van der Waals surface area contributed by atoms with Crippen molar-refractivity contribution in [2.24, 2.45) is 0 Å². The molecular weight excluding hydrogens is 389 g/mol. The second-order valence-corrected chi connectivity index (χ2v) is 7.27. The standard InChI is InChI=1S/C18H25BrFN3O2/c19-14-8-9-16(20)13(11-14)12-22-17(24)7-4-10-21-18(25)23-15-5-2-1-3-6-15/h8-9,11,15H,1-7,10,12H2,(H,22,24)(H2,21,23,25). The molecule has 1 aliphatic carbocycles.